The predicted octanol–water partition coefficient (Wildman–Crippen LogP) is 2.94. The summed E-state index contributed by atoms with van der Waals surface area (Å²) in [6.07, 6.45) is 2.47. The lowest BCUT2D eigenvalue weighted by atomic mass is 10.1. The fraction of sp³-hybridized carbons (Fsp3) is 0.167. The lowest BCUT2D eigenvalue weighted by Crippen LogP contribution is -2.12. The van der Waals surface area contributed by atoms with E-state index in [2.05, 4.69) is 12.1 Å². The summed E-state index contributed by atoms with van der Waals surface area (Å²) in [5.74, 6) is 0.842. The molecule has 0 aliphatic heterocycles. The Hall–Kier alpha value is -1.25. The first-order valence-electron chi connectivity index (χ1n) is 4.69. The summed E-state index contributed by atoms with van der Waals surface area (Å²) >= 11 is 0. The lowest BCUT2D eigenvalue weighted by molar-refractivity contribution is 0.464. The van der Waals surface area contributed by atoms with Gasteiger partial charge in [0.05, 0.1) is 12.3 Å². The Balaban J connectivity index is 0.00000112. The summed E-state index contributed by atoms with van der Waals surface area (Å²) in [5.41, 5.74) is 7.21. The second kappa shape index (κ2) is 5.59. The highest BCUT2D eigenvalue weighted by Gasteiger charge is 2.08. The molecule has 0 saturated carbocycles. The van der Waals surface area contributed by atoms with Gasteiger partial charge in [0, 0.05) is 0 Å². The predicted molar refractivity (Wildman–Crippen MR) is 63.0 cm³/mol. The molecular formula is C12H14ClNO. The van der Waals surface area contributed by atoms with E-state index in [-0.39, 0.29) is 18.4 Å². The van der Waals surface area contributed by atoms with Crippen LogP contribution in [0.1, 0.15) is 17.4 Å². The van der Waals surface area contributed by atoms with Crippen molar-refractivity contribution in [3.8, 4) is 0 Å². The fourth-order valence-corrected chi connectivity index (χ4v) is 1.47. The maximum absolute atomic E-state index is 5.98. The van der Waals surface area contributed by atoms with Crippen LogP contribution in [0.2, 0.25) is 0 Å². The van der Waals surface area contributed by atoms with Gasteiger partial charge in [0.15, 0.2) is 0 Å². The molecule has 0 bridgehead atoms. The van der Waals surface area contributed by atoms with Gasteiger partial charge in [0.2, 0.25) is 0 Å². The van der Waals surface area contributed by atoms with Gasteiger partial charge in [-0.05, 0) is 24.1 Å². The van der Waals surface area contributed by atoms with Crippen molar-refractivity contribution in [1.29, 1.82) is 0 Å². The van der Waals surface area contributed by atoms with Crippen molar-refractivity contribution >= 4 is 12.4 Å². The van der Waals surface area contributed by atoms with Gasteiger partial charge in [0.1, 0.15) is 5.76 Å². The van der Waals surface area contributed by atoms with Gasteiger partial charge in [0.25, 0.3) is 0 Å². The van der Waals surface area contributed by atoms with Crippen LogP contribution >= 0.6 is 12.4 Å². The maximum Gasteiger partial charge on any atom is 0.120 e. The molecule has 2 nitrogen and oxygen atoms in total. The number of nitrogens with two attached hydrogens (primary N) is 1. The van der Waals surface area contributed by atoms with Gasteiger partial charge in [-0.2, -0.15) is 0 Å². The van der Waals surface area contributed by atoms with Crippen LogP contribution < -0.4 is 5.73 Å². The van der Waals surface area contributed by atoms with Crippen LogP contribution in [0.15, 0.2) is 53.1 Å². The third-order valence-corrected chi connectivity index (χ3v) is 2.21. The Morgan fingerprint density at radius 3 is 2.40 bits per heavy atom. The van der Waals surface area contributed by atoms with Crippen molar-refractivity contribution in [3.05, 3.63) is 60.1 Å². The Morgan fingerprint density at radius 1 is 1.07 bits per heavy atom. The molecule has 0 radical (unpaired) electrons. The largest absolute Gasteiger partial charge is 0.468 e. The van der Waals surface area contributed by atoms with E-state index in [0.29, 0.717) is 0 Å². The first-order chi connectivity index (χ1) is 6.86. The molecule has 15 heavy (non-hydrogen) atoms. The van der Waals surface area contributed by atoms with Crippen LogP contribution in [0.3, 0.4) is 0 Å². The van der Waals surface area contributed by atoms with Crippen LogP contribution in [-0.4, -0.2) is 0 Å². The summed E-state index contributed by atoms with van der Waals surface area (Å²) < 4.78 is 5.24. The smallest absolute Gasteiger partial charge is 0.120 e. The minimum Gasteiger partial charge on any atom is -0.468 e. The number of benzene rings is 1. The molecule has 0 spiro atoms. The average molecular weight is 224 g/mol. The Labute approximate surface area is 95.5 Å². The van der Waals surface area contributed by atoms with E-state index in [0.717, 1.165) is 12.2 Å². The third-order valence-electron chi connectivity index (χ3n) is 2.21. The van der Waals surface area contributed by atoms with Gasteiger partial charge in [-0.25, -0.2) is 0 Å². The molecule has 2 aromatic rings. The molecule has 0 amide bonds. The highest BCUT2D eigenvalue weighted by molar-refractivity contribution is 5.85. The number of halogens is 1. The molecule has 1 aromatic carbocycles. The zero-order valence-electron chi connectivity index (χ0n) is 8.30. The van der Waals surface area contributed by atoms with E-state index in [4.69, 9.17) is 10.2 Å². The van der Waals surface area contributed by atoms with Crippen LogP contribution in [0.25, 0.3) is 0 Å². The van der Waals surface area contributed by atoms with E-state index in [9.17, 15) is 0 Å². The van der Waals surface area contributed by atoms with Gasteiger partial charge < -0.3 is 10.2 Å². The topological polar surface area (TPSA) is 39.2 Å². The van der Waals surface area contributed by atoms with Crippen LogP contribution in [0.4, 0.5) is 0 Å². The van der Waals surface area contributed by atoms with Gasteiger partial charge in [-0.3, -0.25) is 0 Å². The quantitative estimate of drug-likeness (QED) is 0.869. The molecule has 0 aliphatic rings. The summed E-state index contributed by atoms with van der Waals surface area (Å²) in [7, 11) is 0. The molecule has 0 fully saturated rings. The molecule has 1 heterocycles. The van der Waals surface area contributed by atoms with Crippen molar-refractivity contribution in [2.45, 2.75) is 12.5 Å². The summed E-state index contributed by atoms with van der Waals surface area (Å²) in [4.78, 5) is 0. The van der Waals surface area contributed by atoms with Crippen molar-refractivity contribution in [2.75, 3.05) is 0 Å². The number of hydrogen-bond acceptors (Lipinski definition) is 2. The Morgan fingerprint density at radius 2 is 1.80 bits per heavy atom. The minimum atomic E-state index is -0.0487. The van der Waals surface area contributed by atoms with Crippen LogP contribution in [0.5, 0.6) is 0 Å². The van der Waals surface area contributed by atoms with E-state index in [1.54, 1.807) is 6.26 Å². The highest BCUT2D eigenvalue weighted by Crippen LogP contribution is 2.15. The van der Waals surface area contributed by atoms with Crippen LogP contribution in [-0.2, 0) is 6.42 Å². The van der Waals surface area contributed by atoms with E-state index >= 15 is 0 Å². The van der Waals surface area contributed by atoms with Gasteiger partial charge in [-0.1, -0.05) is 30.3 Å². The van der Waals surface area contributed by atoms with E-state index in [1.165, 1.54) is 5.56 Å². The van der Waals surface area contributed by atoms with Crippen molar-refractivity contribution < 1.29 is 4.42 Å². The first kappa shape index (κ1) is 11.8. The highest BCUT2D eigenvalue weighted by atomic mass is 35.5. The van der Waals surface area contributed by atoms with Crippen molar-refractivity contribution in [3.63, 3.8) is 0 Å². The number of rotatable bonds is 3. The van der Waals surface area contributed by atoms with E-state index in [1.807, 2.05) is 30.3 Å². The van der Waals surface area contributed by atoms with Gasteiger partial charge >= 0.3 is 0 Å². The Kier molecular flexibility index (Phi) is 4.40. The average Bonchev–Trinajstić information content (AvgIpc) is 2.72. The lowest BCUT2D eigenvalue weighted by Gasteiger charge is -2.07. The molecule has 1 atom stereocenters. The van der Waals surface area contributed by atoms with Crippen molar-refractivity contribution in [1.82, 2.24) is 0 Å². The minimum absolute atomic E-state index is 0. The second-order valence-corrected chi connectivity index (χ2v) is 3.31. The van der Waals surface area contributed by atoms with Gasteiger partial charge in [-0.15, -0.1) is 12.4 Å². The molecule has 0 unspecified atom stereocenters. The summed E-state index contributed by atoms with van der Waals surface area (Å²) in [6.45, 7) is 0. The maximum atomic E-state index is 5.98. The molecule has 0 aliphatic carbocycles. The summed E-state index contributed by atoms with van der Waals surface area (Å²) in [6, 6.07) is 13.9. The zero-order valence-corrected chi connectivity index (χ0v) is 9.11. The first-order valence-corrected chi connectivity index (χ1v) is 4.69. The normalized spacial score (nSPS) is 11.8. The van der Waals surface area contributed by atoms with E-state index < -0.39 is 0 Å². The third kappa shape index (κ3) is 3.11. The monoisotopic (exact) mass is 223 g/mol. The number of furan rings is 1. The molecule has 80 valence electrons. The standard InChI is InChI=1S/C12H13NO.ClH/c13-11(12-7-4-8-14-12)9-10-5-2-1-3-6-10;/h1-8,11H,9,13H2;1H/t11-;/m0./s1. The molecule has 2 rings (SSSR count). The fourth-order valence-electron chi connectivity index (χ4n) is 1.47. The molecule has 2 N–H and O–H groups in total. The molecule has 0 saturated heterocycles. The zero-order chi connectivity index (χ0) is 9.80. The molecular weight excluding hydrogens is 210 g/mol. The van der Waals surface area contributed by atoms with Crippen LogP contribution in [0, 0.1) is 0 Å². The SMILES string of the molecule is Cl.N[C@@H](Cc1ccccc1)c1ccco1. The number of hydrogen-bond donors (Lipinski definition) is 1. The molecule has 1 aromatic heterocycles. The van der Waals surface area contributed by atoms with Crippen molar-refractivity contribution in [2.24, 2.45) is 5.73 Å². The molecule has 3 heteroatoms. The Bertz CT molecular complexity index is 372. The summed E-state index contributed by atoms with van der Waals surface area (Å²) in [5, 5.41) is 0. The second-order valence-electron chi connectivity index (χ2n) is 3.31.